The molecule has 0 radical (unpaired) electrons. The fourth-order valence-corrected chi connectivity index (χ4v) is 1.99. The van der Waals surface area contributed by atoms with Gasteiger partial charge in [-0.25, -0.2) is 0 Å². The first kappa shape index (κ1) is 14.8. The molecule has 4 heteroatoms. The van der Waals surface area contributed by atoms with E-state index in [2.05, 4.69) is 5.32 Å². The fraction of sp³-hybridized carbons (Fsp3) is 0.357. The summed E-state index contributed by atoms with van der Waals surface area (Å²) in [4.78, 5) is 11.0. The van der Waals surface area contributed by atoms with Gasteiger partial charge in [0.2, 0.25) is 0 Å². The lowest BCUT2D eigenvalue weighted by Crippen LogP contribution is -2.37. The molecule has 0 amide bonds. The molecule has 0 saturated heterocycles. The molecule has 0 fully saturated rings. The van der Waals surface area contributed by atoms with Gasteiger partial charge >= 0.3 is 5.97 Å². The van der Waals surface area contributed by atoms with E-state index in [0.29, 0.717) is 13.0 Å². The number of hydrogen-bond acceptors (Lipinski definition) is 3. The van der Waals surface area contributed by atoms with Crippen molar-refractivity contribution >= 4 is 23.8 Å². The van der Waals surface area contributed by atoms with E-state index in [9.17, 15) is 4.79 Å². The Kier molecular flexibility index (Phi) is 7.22. The lowest BCUT2D eigenvalue weighted by molar-refractivity contribution is -0.139. The standard InChI is InChI=1S/C14H19NO2S/c1-18-11-9-13(14(16)17)15-10-5-8-12-6-3-2-4-7-12/h2-8,13,15H,9-11H2,1H3,(H,16,17)/b8-5+. The lowest BCUT2D eigenvalue weighted by atomic mass is 10.2. The third kappa shape index (κ3) is 5.89. The first-order chi connectivity index (χ1) is 8.74. The van der Waals surface area contributed by atoms with Crippen LogP contribution in [0.3, 0.4) is 0 Å². The molecule has 0 aliphatic carbocycles. The van der Waals surface area contributed by atoms with Crippen molar-refractivity contribution in [1.82, 2.24) is 5.32 Å². The summed E-state index contributed by atoms with van der Waals surface area (Å²) in [5.41, 5.74) is 1.12. The molecule has 1 unspecified atom stereocenters. The van der Waals surface area contributed by atoms with Gasteiger partial charge in [0.1, 0.15) is 6.04 Å². The quantitative estimate of drug-likeness (QED) is 0.758. The zero-order valence-corrected chi connectivity index (χ0v) is 11.3. The summed E-state index contributed by atoms with van der Waals surface area (Å²) in [5.74, 6) is 0.0731. The highest BCUT2D eigenvalue weighted by atomic mass is 32.2. The largest absolute Gasteiger partial charge is 0.480 e. The SMILES string of the molecule is CSCCC(NC/C=C/c1ccccc1)C(=O)O. The molecular weight excluding hydrogens is 246 g/mol. The van der Waals surface area contributed by atoms with Gasteiger partial charge in [0, 0.05) is 6.54 Å². The molecule has 98 valence electrons. The van der Waals surface area contributed by atoms with Crippen LogP contribution in [0, 0.1) is 0 Å². The van der Waals surface area contributed by atoms with Crippen LogP contribution in [0.2, 0.25) is 0 Å². The molecule has 0 spiro atoms. The normalized spacial score (nSPS) is 12.7. The van der Waals surface area contributed by atoms with Crippen molar-refractivity contribution in [2.75, 3.05) is 18.6 Å². The maximum atomic E-state index is 11.0. The number of thioether (sulfide) groups is 1. The minimum atomic E-state index is -0.780. The number of hydrogen-bond donors (Lipinski definition) is 2. The van der Waals surface area contributed by atoms with Gasteiger partial charge in [0.15, 0.2) is 0 Å². The first-order valence-electron chi connectivity index (χ1n) is 5.90. The number of carbonyl (C=O) groups is 1. The number of carboxylic acid groups (broad SMARTS) is 1. The van der Waals surface area contributed by atoms with E-state index in [4.69, 9.17) is 5.11 Å². The van der Waals surface area contributed by atoms with Crippen molar-refractivity contribution in [3.63, 3.8) is 0 Å². The Hall–Kier alpha value is -1.26. The Morgan fingerprint density at radius 1 is 1.44 bits per heavy atom. The number of nitrogens with one attached hydrogen (secondary N) is 1. The lowest BCUT2D eigenvalue weighted by Gasteiger charge is -2.11. The third-order valence-electron chi connectivity index (χ3n) is 2.50. The Morgan fingerprint density at radius 3 is 2.78 bits per heavy atom. The van der Waals surface area contributed by atoms with Crippen LogP contribution in [0.25, 0.3) is 6.08 Å². The molecule has 0 aliphatic rings. The van der Waals surface area contributed by atoms with E-state index < -0.39 is 12.0 Å². The zero-order valence-electron chi connectivity index (χ0n) is 10.5. The molecule has 1 atom stereocenters. The topological polar surface area (TPSA) is 49.3 Å². The van der Waals surface area contributed by atoms with Crippen LogP contribution in [0.5, 0.6) is 0 Å². The van der Waals surface area contributed by atoms with E-state index >= 15 is 0 Å². The second-order valence-electron chi connectivity index (χ2n) is 3.89. The second kappa shape index (κ2) is 8.78. The van der Waals surface area contributed by atoms with Gasteiger partial charge in [0.05, 0.1) is 0 Å². The summed E-state index contributed by atoms with van der Waals surface area (Å²) >= 11 is 1.66. The summed E-state index contributed by atoms with van der Waals surface area (Å²) in [6.45, 7) is 0.570. The van der Waals surface area contributed by atoms with Crippen LogP contribution in [-0.2, 0) is 4.79 Å². The van der Waals surface area contributed by atoms with Crippen molar-refractivity contribution in [2.24, 2.45) is 0 Å². The highest BCUT2D eigenvalue weighted by Crippen LogP contribution is 2.02. The number of rotatable bonds is 8. The van der Waals surface area contributed by atoms with Gasteiger partial charge in [0.25, 0.3) is 0 Å². The van der Waals surface area contributed by atoms with Crippen LogP contribution in [-0.4, -0.2) is 35.7 Å². The van der Waals surface area contributed by atoms with Crippen LogP contribution < -0.4 is 5.32 Å². The molecule has 0 bridgehead atoms. The molecule has 1 aromatic carbocycles. The summed E-state index contributed by atoms with van der Waals surface area (Å²) in [6.07, 6.45) is 6.56. The van der Waals surface area contributed by atoms with Crippen molar-refractivity contribution in [3.8, 4) is 0 Å². The Bertz CT molecular complexity index is 379. The number of benzene rings is 1. The fourth-order valence-electron chi connectivity index (χ4n) is 1.52. The van der Waals surface area contributed by atoms with E-state index in [-0.39, 0.29) is 0 Å². The highest BCUT2D eigenvalue weighted by Gasteiger charge is 2.14. The average molecular weight is 265 g/mol. The molecule has 1 rings (SSSR count). The summed E-state index contributed by atoms with van der Waals surface area (Å²) in [6, 6.07) is 9.49. The van der Waals surface area contributed by atoms with E-state index in [0.717, 1.165) is 11.3 Å². The Labute approximate surface area is 112 Å². The summed E-state index contributed by atoms with van der Waals surface area (Å²) in [7, 11) is 0. The van der Waals surface area contributed by atoms with Crippen molar-refractivity contribution in [1.29, 1.82) is 0 Å². The zero-order chi connectivity index (χ0) is 13.2. The summed E-state index contributed by atoms with van der Waals surface area (Å²) in [5, 5.41) is 12.0. The first-order valence-corrected chi connectivity index (χ1v) is 7.30. The van der Waals surface area contributed by atoms with Crippen LogP contribution in [0.4, 0.5) is 0 Å². The maximum absolute atomic E-state index is 11.0. The van der Waals surface area contributed by atoms with Crippen LogP contribution in [0.1, 0.15) is 12.0 Å². The minimum Gasteiger partial charge on any atom is -0.480 e. The predicted octanol–water partition coefficient (Wildman–Crippen LogP) is 2.50. The van der Waals surface area contributed by atoms with Crippen LogP contribution in [0.15, 0.2) is 36.4 Å². The minimum absolute atomic E-state index is 0.460. The van der Waals surface area contributed by atoms with Crippen molar-refractivity contribution in [2.45, 2.75) is 12.5 Å². The average Bonchev–Trinajstić information content (AvgIpc) is 2.38. The van der Waals surface area contributed by atoms with Crippen molar-refractivity contribution in [3.05, 3.63) is 42.0 Å². The van der Waals surface area contributed by atoms with Gasteiger partial charge in [-0.15, -0.1) is 0 Å². The smallest absolute Gasteiger partial charge is 0.320 e. The van der Waals surface area contributed by atoms with Gasteiger partial charge in [-0.3, -0.25) is 4.79 Å². The summed E-state index contributed by atoms with van der Waals surface area (Å²) < 4.78 is 0. The molecule has 3 nitrogen and oxygen atoms in total. The molecular formula is C14H19NO2S. The van der Waals surface area contributed by atoms with Gasteiger partial charge in [-0.05, 0) is 24.0 Å². The molecule has 18 heavy (non-hydrogen) atoms. The number of carboxylic acids is 1. The molecule has 0 heterocycles. The monoisotopic (exact) mass is 265 g/mol. The molecule has 0 aliphatic heterocycles. The Balaban J connectivity index is 2.34. The van der Waals surface area contributed by atoms with Gasteiger partial charge in [-0.1, -0.05) is 42.5 Å². The number of aliphatic carboxylic acids is 1. The van der Waals surface area contributed by atoms with Crippen LogP contribution >= 0.6 is 11.8 Å². The molecule has 0 saturated carbocycles. The maximum Gasteiger partial charge on any atom is 0.320 e. The third-order valence-corrected chi connectivity index (χ3v) is 3.14. The Morgan fingerprint density at radius 2 is 2.17 bits per heavy atom. The second-order valence-corrected chi connectivity index (χ2v) is 4.88. The molecule has 1 aromatic rings. The molecule has 0 aromatic heterocycles. The van der Waals surface area contributed by atoms with Gasteiger partial charge in [-0.2, -0.15) is 11.8 Å². The molecule has 2 N–H and O–H groups in total. The van der Waals surface area contributed by atoms with E-state index in [1.54, 1.807) is 11.8 Å². The van der Waals surface area contributed by atoms with Crippen molar-refractivity contribution < 1.29 is 9.90 Å². The van der Waals surface area contributed by atoms with Gasteiger partial charge < -0.3 is 10.4 Å². The van der Waals surface area contributed by atoms with E-state index in [1.165, 1.54) is 0 Å². The highest BCUT2D eigenvalue weighted by molar-refractivity contribution is 7.98. The van der Waals surface area contributed by atoms with E-state index in [1.807, 2.05) is 48.7 Å². The predicted molar refractivity (Wildman–Crippen MR) is 77.9 cm³/mol.